The van der Waals surface area contributed by atoms with Gasteiger partial charge < -0.3 is 20.3 Å². The molecule has 442 valence electrons. The van der Waals surface area contributed by atoms with E-state index in [2.05, 4.69) is 55.6 Å². The smallest absolute Gasteiger partial charge is 0.305 e. The van der Waals surface area contributed by atoms with Crippen molar-refractivity contribution in [1.29, 1.82) is 0 Å². The number of unbranched alkanes of at least 4 members (excludes halogenated alkanes) is 46. The molecule has 75 heavy (non-hydrogen) atoms. The maximum absolute atomic E-state index is 12.5. The van der Waals surface area contributed by atoms with Gasteiger partial charge in [0.1, 0.15) is 0 Å². The minimum Gasteiger partial charge on any atom is -0.466 e. The van der Waals surface area contributed by atoms with E-state index in [0.29, 0.717) is 25.9 Å². The quantitative estimate of drug-likeness (QED) is 0.0320. The second-order valence-electron chi connectivity index (χ2n) is 23.1. The van der Waals surface area contributed by atoms with Crippen LogP contribution < -0.4 is 5.32 Å². The maximum atomic E-state index is 12.5. The van der Waals surface area contributed by atoms with Crippen molar-refractivity contribution in [2.75, 3.05) is 13.2 Å². The maximum Gasteiger partial charge on any atom is 0.305 e. The summed E-state index contributed by atoms with van der Waals surface area (Å²) < 4.78 is 5.49. The molecule has 0 saturated heterocycles. The largest absolute Gasteiger partial charge is 0.466 e. The zero-order chi connectivity index (χ0) is 54.3. The fourth-order valence-corrected chi connectivity index (χ4v) is 10.5. The molecule has 0 spiro atoms. The van der Waals surface area contributed by atoms with Crippen LogP contribution in [0.2, 0.25) is 0 Å². The van der Waals surface area contributed by atoms with Gasteiger partial charge in [0, 0.05) is 12.8 Å². The number of amides is 1. The average Bonchev–Trinajstić information content (AvgIpc) is 3.41. The van der Waals surface area contributed by atoms with E-state index in [1.807, 2.05) is 0 Å². The van der Waals surface area contributed by atoms with Gasteiger partial charge in [0.15, 0.2) is 0 Å². The van der Waals surface area contributed by atoms with Crippen LogP contribution >= 0.6 is 0 Å². The number of carbonyl (C=O) groups is 2. The van der Waals surface area contributed by atoms with Gasteiger partial charge in [-0.15, -0.1) is 0 Å². The Morgan fingerprint density at radius 2 is 0.667 bits per heavy atom. The van der Waals surface area contributed by atoms with E-state index >= 15 is 0 Å². The topological polar surface area (TPSA) is 95.9 Å². The minimum absolute atomic E-state index is 0.00273. The Morgan fingerprint density at radius 1 is 0.373 bits per heavy atom. The van der Waals surface area contributed by atoms with Gasteiger partial charge in [-0.05, 0) is 83.5 Å². The zero-order valence-electron chi connectivity index (χ0n) is 50.5. The van der Waals surface area contributed by atoms with Crippen LogP contribution in [0, 0.1) is 0 Å². The molecule has 0 aromatic carbocycles. The third-order valence-electron chi connectivity index (χ3n) is 15.7. The Morgan fingerprint density at radius 3 is 1.04 bits per heavy atom. The lowest BCUT2D eigenvalue weighted by Gasteiger charge is -2.22. The highest BCUT2D eigenvalue weighted by Crippen LogP contribution is 2.18. The predicted octanol–water partition coefficient (Wildman–Crippen LogP) is 21.5. The Labute approximate surface area is 468 Å². The summed E-state index contributed by atoms with van der Waals surface area (Å²) in [5.41, 5.74) is 0. The number of hydrogen-bond acceptors (Lipinski definition) is 5. The van der Waals surface area contributed by atoms with Gasteiger partial charge in [0.25, 0.3) is 0 Å². The van der Waals surface area contributed by atoms with E-state index in [0.717, 1.165) is 51.4 Å². The molecule has 3 N–H and O–H groups in total. The third-order valence-corrected chi connectivity index (χ3v) is 15.7. The van der Waals surface area contributed by atoms with Crippen molar-refractivity contribution in [3.05, 3.63) is 36.5 Å². The molecule has 0 aliphatic carbocycles. The van der Waals surface area contributed by atoms with Crippen LogP contribution in [-0.4, -0.2) is 47.4 Å². The highest BCUT2D eigenvalue weighted by molar-refractivity contribution is 5.76. The van der Waals surface area contributed by atoms with Crippen molar-refractivity contribution >= 4 is 11.9 Å². The standard InChI is InChI=1S/C69H131NO5/c1-3-5-7-9-11-13-15-17-19-21-23-24-26-29-33-37-41-45-49-53-57-61-67(72)66(65-71)70-68(73)62-58-54-50-46-42-38-34-30-27-25-28-32-36-40-44-48-52-56-60-64-75-69(74)63-59-55-51-47-43-39-35-31-22-20-18-16-14-12-10-8-6-4-2/h14,16,20,22,25,27,66-67,71-72H,3-13,15,17-19,21,23-24,26,28-65H2,1-2H3,(H,70,73)/b16-14-,22-20-,27-25-. The summed E-state index contributed by atoms with van der Waals surface area (Å²) in [6.45, 7) is 4.95. The molecular weight excluding hydrogens is 923 g/mol. The fourth-order valence-electron chi connectivity index (χ4n) is 10.5. The molecule has 0 saturated carbocycles. The normalized spacial score (nSPS) is 12.7. The SMILES string of the molecule is CCCCCC/C=C\C/C=C\CCCCCCCCCC(=O)OCCCCCCCCCC/C=C\CCCCCCCCCC(=O)NC(CO)C(O)CCCCCCCCCCCCCCCCCCCCCCC. The monoisotopic (exact) mass is 1050 g/mol. The minimum atomic E-state index is -0.672. The second-order valence-corrected chi connectivity index (χ2v) is 23.1. The van der Waals surface area contributed by atoms with Gasteiger partial charge in [-0.25, -0.2) is 0 Å². The van der Waals surface area contributed by atoms with Crippen LogP contribution in [0.1, 0.15) is 367 Å². The Balaban J connectivity index is 3.44. The molecule has 0 rings (SSSR count). The number of aliphatic hydroxyl groups is 2. The lowest BCUT2D eigenvalue weighted by Crippen LogP contribution is -2.45. The van der Waals surface area contributed by atoms with Gasteiger partial charge in [-0.1, -0.05) is 307 Å². The number of ether oxygens (including phenoxy) is 1. The summed E-state index contributed by atoms with van der Waals surface area (Å²) in [5.74, 6) is -0.0442. The molecule has 6 nitrogen and oxygen atoms in total. The number of aliphatic hydroxyl groups excluding tert-OH is 2. The summed E-state index contributed by atoms with van der Waals surface area (Å²) in [4.78, 5) is 24.6. The molecule has 0 aromatic heterocycles. The van der Waals surface area contributed by atoms with E-state index in [-0.39, 0.29) is 18.5 Å². The van der Waals surface area contributed by atoms with Gasteiger partial charge in [-0.2, -0.15) is 0 Å². The summed E-state index contributed by atoms with van der Waals surface area (Å²) in [5, 5.41) is 23.4. The number of carbonyl (C=O) groups excluding carboxylic acids is 2. The number of rotatable bonds is 63. The van der Waals surface area contributed by atoms with Crippen LogP contribution in [-0.2, 0) is 14.3 Å². The fraction of sp³-hybridized carbons (Fsp3) is 0.884. The highest BCUT2D eigenvalue weighted by Gasteiger charge is 2.20. The van der Waals surface area contributed by atoms with Crippen molar-refractivity contribution in [1.82, 2.24) is 5.32 Å². The zero-order valence-corrected chi connectivity index (χ0v) is 50.5. The van der Waals surface area contributed by atoms with Gasteiger partial charge in [0.05, 0.1) is 25.4 Å². The molecule has 0 bridgehead atoms. The van der Waals surface area contributed by atoms with Gasteiger partial charge >= 0.3 is 5.97 Å². The summed E-state index contributed by atoms with van der Waals surface area (Å²) in [7, 11) is 0. The van der Waals surface area contributed by atoms with Crippen LogP contribution in [0.5, 0.6) is 0 Å². The molecule has 0 heterocycles. The van der Waals surface area contributed by atoms with E-state index in [4.69, 9.17) is 4.74 Å². The molecule has 2 atom stereocenters. The van der Waals surface area contributed by atoms with Crippen molar-refractivity contribution in [2.45, 2.75) is 379 Å². The molecule has 1 amide bonds. The van der Waals surface area contributed by atoms with E-state index in [9.17, 15) is 19.8 Å². The molecule has 0 fully saturated rings. The van der Waals surface area contributed by atoms with Gasteiger partial charge in [0.2, 0.25) is 5.91 Å². The molecular formula is C69H131NO5. The molecule has 6 heteroatoms. The van der Waals surface area contributed by atoms with Crippen molar-refractivity contribution in [3.63, 3.8) is 0 Å². The number of hydrogen-bond donors (Lipinski definition) is 3. The van der Waals surface area contributed by atoms with Crippen LogP contribution in [0.3, 0.4) is 0 Å². The van der Waals surface area contributed by atoms with E-state index in [1.54, 1.807) is 0 Å². The lowest BCUT2D eigenvalue weighted by molar-refractivity contribution is -0.143. The third kappa shape index (κ3) is 61.2. The summed E-state index contributed by atoms with van der Waals surface area (Å²) in [6, 6.07) is -0.550. The summed E-state index contributed by atoms with van der Waals surface area (Å²) in [6.07, 6.45) is 81.6. The average molecular weight is 1050 g/mol. The molecule has 0 radical (unpaired) electrons. The summed E-state index contributed by atoms with van der Waals surface area (Å²) >= 11 is 0. The predicted molar refractivity (Wildman–Crippen MR) is 329 cm³/mol. The Bertz CT molecular complexity index is 1210. The Kier molecular flexibility index (Phi) is 63.0. The van der Waals surface area contributed by atoms with Crippen molar-refractivity contribution < 1.29 is 24.5 Å². The van der Waals surface area contributed by atoms with Crippen molar-refractivity contribution in [2.24, 2.45) is 0 Å². The highest BCUT2D eigenvalue weighted by atomic mass is 16.5. The first kappa shape index (κ1) is 73.1. The Hall–Kier alpha value is -1.92. The number of esters is 1. The second kappa shape index (κ2) is 64.6. The van der Waals surface area contributed by atoms with Crippen LogP contribution in [0.15, 0.2) is 36.5 Å². The van der Waals surface area contributed by atoms with Crippen LogP contribution in [0.4, 0.5) is 0 Å². The van der Waals surface area contributed by atoms with Crippen LogP contribution in [0.25, 0.3) is 0 Å². The molecule has 2 unspecified atom stereocenters. The van der Waals surface area contributed by atoms with E-state index < -0.39 is 12.1 Å². The lowest BCUT2D eigenvalue weighted by atomic mass is 10.0. The van der Waals surface area contributed by atoms with E-state index in [1.165, 1.54) is 283 Å². The molecule has 0 aliphatic rings. The first-order valence-corrected chi connectivity index (χ1v) is 33.7. The first-order chi connectivity index (χ1) is 37.0. The van der Waals surface area contributed by atoms with Gasteiger partial charge in [-0.3, -0.25) is 9.59 Å². The molecule has 0 aliphatic heterocycles. The first-order valence-electron chi connectivity index (χ1n) is 33.7. The van der Waals surface area contributed by atoms with Crippen molar-refractivity contribution in [3.8, 4) is 0 Å². The number of nitrogens with one attached hydrogen (secondary N) is 1. The molecule has 0 aromatic rings. The number of allylic oxidation sites excluding steroid dienone is 6.